The molecule has 1 aliphatic rings. The number of halogens is 3. The monoisotopic (exact) mass is 301 g/mol. The highest BCUT2D eigenvalue weighted by Gasteiger charge is 2.34. The fourth-order valence-electron chi connectivity index (χ4n) is 2.92. The first kappa shape index (κ1) is 15.7. The van der Waals surface area contributed by atoms with Gasteiger partial charge in [-0.15, -0.1) is 0 Å². The lowest BCUT2D eigenvalue weighted by Gasteiger charge is -2.31. The maximum absolute atomic E-state index is 12.7. The van der Waals surface area contributed by atoms with E-state index in [0.29, 0.717) is 18.2 Å². The van der Waals surface area contributed by atoms with Gasteiger partial charge in [-0.1, -0.05) is 13.8 Å². The van der Waals surface area contributed by atoms with Crippen molar-refractivity contribution in [2.24, 2.45) is 5.92 Å². The topological polar surface area (TPSA) is 40.5 Å². The molecule has 1 unspecified atom stereocenters. The number of aromatic carboxylic acids is 1. The molecule has 0 aliphatic carbocycles. The molecular weight excluding hydrogens is 283 g/mol. The smallest absolute Gasteiger partial charge is 0.416 e. The van der Waals surface area contributed by atoms with E-state index < -0.39 is 17.7 Å². The summed E-state index contributed by atoms with van der Waals surface area (Å²) in [5, 5.41) is 9.25. The van der Waals surface area contributed by atoms with Crippen LogP contribution in [0.15, 0.2) is 18.2 Å². The summed E-state index contributed by atoms with van der Waals surface area (Å²) in [6, 6.07) is 3.14. The van der Waals surface area contributed by atoms with Gasteiger partial charge in [0.25, 0.3) is 0 Å². The van der Waals surface area contributed by atoms with Crippen molar-refractivity contribution in [2.75, 3.05) is 11.4 Å². The lowest BCUT2D eigenvalue weighted by atomic mass is 10.00. The predicted molar refractivity (Wildman–Crippen MR) is 73.6 cm³/mol. The summed E-state index contributed by atoms with van der Waals surface area (Å²) in [5.74, 6) is -1.01. The van der Waals surface area contributed by atoms with Crippen LogP contribution in [0.1, 0.15) is 42.6 Å². The van der Waals surface area contributed by atoms with Gasteiger partial charge < -0.3 is 10.0 Å². The van der Waals surface area contributed by atoms with Crippen LogP contribution < -0.4 is 4.90 Å². The number of nitrogens with zero attached hydrogens (tertiary/aromatic N) is 1. The highest BCUT2D eigenvalue weighted by atomic mass is 19.4. The SMILES string of the molecule is CC(C)C1CCCN1c1ccc(C(F)(F)F)cc1C(=O)O. The molecule has 21 heavy (non-hydrogen) atoms. The minimum Gasteiger partial charge on any atom is -0.478 e. The molecule has 6 heteroatoms. The molecule has 0 saturated carbocycles. The molecule has 1 N–H and O–H groups in total. The number of carboxylic acids is 1. The highest BCUT2D eigenvalue weighted by molar-refractivity contribution is 5.95. The molecule has 0 amide bonds. The molecule has 1 aliphatic heterocycles. The Labute approximate surface area is 121 Å². The van der Waals surface area contributed by atoms with Gasteiger partial charge in [-0.3, -0.25) is 0 Å². The zero-order valence-corrected chi connectivity index (χ0v) is 11.9. The van der Waals surface area contributed by atoms with Gasteiger partial charge in [-0.2, -0.15) is 13.2 Å². The highest BCUT2D eigenvalue weighted by Crippen LogP contribution is 2.36. The Hall–Kier alpha value is -1.72. The normalized spacial score (nSPS) is 19.3. The van der Waals surface area contributed by atoms with E-state index in [0.717, 1.165) is 25.0 Å². The minimum atomic E-state index is -4.54. The van der Waals surface area contributed by atoms with Crippen LogP contribution in [0.4, 0.5) is 18.9 Å². The van der Waals surface area contributed by atoms with Gasteiger partial charge in [0.1, 0.15) is 0 Å². The van der Waals surface area contributed by atoms with E-state index in [1.54, 1.807) is 0 Å². The number of alkyl halides is 3. The van der Waals surface area contributed by atoms with Crippen molar-refractivity contribution in [1.29, 1.82) is 0 Å². The van der Waals surface area contributed by atoms with Crippen LogP contribution in [0.3, 0.4) is 0 Å². The zero-order chi connectivity index (χ0) is 15.8. The lowest BCUT2D eigenvalue weighted by molar-refractivity contribution is -0.137. The molecule has 1 fully saturated rings. The fourth-order valence-corrected chi connectivity index (χ4v) is 2.92. The Morgan fingerprint density at radius 1 is 1.38 bits per heavy atom. The van der Waals surface area contributed by atoms with Crippen molar-refractivity contribution in [3.05, 3.63) is 29.3 Å². The largest absolute Gasteiger partial charge is 0.478 e. The molecule has 0 spiro atoms. The Morgan fingerprint density at radius 2 is 2.05 bits per heavy atom. The third-order valence-corrected chi connectivity index (χ3v) is 3.93. The second-order valence-electron chi connectivity index (χ2n) is 5.68. The van der Waals surface area contributed by atoms with Crippen LogP contribution in [-0.2, 0) is 6.18 Å². The molecule has 1 aromatic rings. The predicted octanol–water partition coefficient (Wildman–Crippen LogP) is 4.03. The number of hydrogen-bond acceptors (Lipinski definition) is 2. The molecule has 116 valence electrons. The summed E-state index contributed by atoms with van der Waals surface area (Å²) in [5.41, 5.74) is -0.826. The average Bonchev–Trinajstić information content (AvgIpc) is 2.85. The molecule has 1 atom stereocenters. The van der Waals surface area contributed by atoms with E-state index >= 15 is 0 Å². The van der Waals surface area contributed by atoms with Crippen molar-refractivity contribution in [3.8, 4) is 0 Å². The van der Waals surface area contributed by atoms with Gasteiger partial charge in [0, 0.05) is 12.6 Å². The van der Waals surface area contributed by atoms with Gasteiger partial charge in [0.05, 0.1) is 16.8 Å². The van der Waals surface area contributed by atoms with Crippen molar-refractivity contribution in [1.82, 2.24) is 0 Å². The average molecular weight is 301 g/mol. The Kier molecular flexibility index (Phi) is 4.16. The molecular formula is C15H18F3NO2. The third kappa shape index (κ3) is 3.14. The van der Waals surface area contributed by atoms with E-state index in [-0.39, 0.29) is 11.6 Å². The molecule has 1 heterocycles. The Morgan fingerprint density at radius 3 is 2.57 bits per heavy atom. The van der Waals surface area contributed by atoms with Crippen LogP contribution in [0.2, 0.25) is 0 Å². The first-order valence-corrected chi connectivity index (χ1v) is 6.93. The van der Waals surface area contributed by atoms with Crippen LogP contribution >= 0.6 is 0 Å². The molecule has 3 nitrogen and oxygen atoms in total. The first-order valence-electron chi connectivity index (χ1n) is 6.93. The number of carboxylic acid groups (broad SMARTS) is 1. The summed E-state index contributed by atoms with van der Waals surface area (Å²) in [6.07, 6.45) is -2.69. The number of hydrogen-bond donors (Lipinski definition) is 1. The molecule has 0 radical (unpaired) electrons. The molecule has 0 aromatic heterocycles. The van der Waals surface area contributed by atoms with Crippen molar-refractivity contribution >= 4 is 11.7 Å². The second-order valence-corrected chi connectivity index (χ2v) is 5.68. The molecule has 1 aromatic carbocycles. The van der Waals surface area contributed by atoms with Crippen molar-refractivity contribution < 1.29 is 23.1 Å². The summed E-state index contributed by atoms with van der Waals surface area (Å²) >= 11 is 0. The summed E-state index contributed by atoms with van der Waals surface area (Å²) in [7, 11) is 0. The Balaban J connectivity index is 2.46. The maximum atomic E-state index is 12.7. The van der Waals surface area contributed by atoms with Crippen molar-refractivity contribution in [3.63, 3.8) is 0 Å². The van der Waals surface area contributed by atoms with E-state index in [2.05, 4.69) is 0 Å². The Bertz CT molecular complexity index is 540. The van der Waals surface area contributed by atoms with Gasteiger partial charge in [-0.05, 0) is 37.0 Å². The fraction of sp³-hybridized carbons (Fsp3) is 0.533. The molecule has 0 bridgehead atoms. The van der Waals surface area contributed by atoms with Crippen LogP contribution in [-0.4, -0.2) is 23.7 Å². The van der Waals surface area contributed by atoms with Gasteiger partial charge in [-0.25, -0.2) is 4.79 Å². The quantitative estimate of drug-likeness (QED) is 0.916. The second kappa shape index (κ2) is 5.58. The zero-order valence-electron chi connectivity index (χ0n) is 11.9. The van der Waals surface area contributed by atoms with Gasteiger partial charge >= 0.3 is 12.1 Å². The van der Waals surface area contributed by atoms with E-state index in [9.17, 15) is 23.1 Å². The molecule has 1 saturated heterocycles. The molecule has 2 rings (SSSR count). The van der Waals surface area contributed by atoms with Crippen LogP contribution in [0.25, 0.3) is 0 Å². The standard InChI is InChI=1S/C15H18F3NO2/c1-9(2)12-4-3-7-19(12)13-6-5-10(15(16,17)18)8-11(13)14(20)21/h5-6,8-9,12H,3-4,7H2,1-2H3,(H,20,21). The number of anilines is 1. The summed E-state index contributed by atoms with van der Waals surface area (Å²) < 4.78 is 38.2. The van der Waals surface area contributed by atoms with Crippen molar-refractivity contribution in [2.45, 2.75) is 38.9 Å². The lowest BCUT2D eigenvalue weighted by Crippen LogP contribution is -2.34. The number of carbonyl (C=O) groups is 1. The summed E-state index contributed by atoms with van der Waals surface area (Å²) in [4.78, 5) is 13.3. The van der Waals surface area contributed by atoms with Crippen LogP contribution in [0, 0.1) is 5.92 Å². The minimum absolute atomic E-state index is 0.167. The third-order valence-electron chi connectivity index (χ3n) is 3.93. The van der Waals surface area contributed by atoms with E-state index in [1.807, 2.05) is 18.7 Å². The number of rotatable bonds is 3. The maximum Gasteiger partial charge on any atom is 0.416 e. The van der Waals surface area contributed by atoms with Gasteiger partial charge in [0.2, 0.25) is 0 Å². The van der Waals surface area contributed by atoms with Crippen LogP contribution in [0.5, 0.6) is 0 Å². The summed E-state index contributed by atoms with van der Waals surface area (Å²) in [6.45, 7) is 4.75. The van der Waals surface area contributed by atoms with Gasteiger partial charge in [0.15, 0.2) is 0 Å². The first-order chi connectivity index (χ1) is 9.71. The number of benzene rings is 1. The van der Waals surface area contributed by atoms with E-state index in [4.69, 9.17) is 0 Å². The van der Waals surface area contributed by atoms with E-state index in [1.165, 1.54) is 6.07 Å².